The Kier molecular flexibility index (Phi) is 4.97. The van der Waals surface area contributed by atoms with Gasteiger partial charge >= 0.3 is 5.97 Å². The summed E-state index contributed by atoms with van der Waals surface area (Å²) in [5.41, 5.74) is 0.151. The lowest BCUT2D eigenvalue weighted by Crippen LogP contribution is -2.54. The van der Waals surface area contributed by atoms with Crippen LogP contribution in [0, 0.1) is 0 Å². The number of piperidine rings is 1. The molecule has 2 fully saturated rings. The smallest absolute Gasteiger partial charge is 0.352 e. The predicted molar refractivity (Wildman–Crippen MR) is 98.8 cm³/mol. The molecule has 3 aliphatic rings. The highest BCUT2D eigenvalue weighted by atomic mass is 16.7. The van der Waals surface area contributed by atoms with Gasteiger partial charge in [-0.05, 0) is 18.6 Å². The molecule has 1 unspecified atom stereocenters. The molecule has 2 N–H and O–H groups in total. The van der Waals surface area contributed by atoms with Crippen LogP contribution >= 0.6 is 0 Å². The summed E-state index contributed by atoms with van der Waals surface area (Å²) in [6.07, 6.45) is -0.0745. The molecule has 160 valence electrons. The van der Waals surface area contributed by atoms with Gasteiger partial charge in [-0.25, -0.2) is 4.79 Å². The Labute approximate surface area is 174 Å². The Hall–Kier alpha value is -4.09. The number of nitrogens with one attached hydrogen (secondary N) is 2. The van der Waals surface area contributed by atoms with Crippen LogP contribution in [0.25, 0.3) is 0 Å². The minimum Gasteiger partial charge on any atom is -0.374 e. The highest BCUT2D eigenvalue weighted by Crippen LogP contribution is 2.32. The number of imide groups is 3. The van der Waals surface area contributed by atoms with Gasteiger partial charge in [0.05, 0.1) is 11.1 Å². The molecule has 6 amide bonds. The van der Waals surface area contributed by atoms with Crippen molar-refractivity contribution in [2.45, 2.75) is 31.7 Å². The maximum atomic E-state index is 13.0. The highest BCUT2D eigenvalue weighted by molar-refractivity contribution is 6.25. The van der Waals surface area contributed by atoms with Gasteiger partial charge in [-0.1, -0.05) is 6.07 Å². The second kappa shape index (κ2) is 7.63. The largest absolute Gasteiger partial charge is 0.374 e. The Balaban J connectivity index is 1.49. The highest BCUT2D eigenvalue weighted by Gasteiger charge is 2.45. The molecule has 12 heteroatoms. The summed E-state index contributed by atoms with van der Waals surface area (Å²) < 4.78 is 0. The lowest BCUT2D eigenvalue weighted by molar-refractivity contribution is -0.196. The molecule has 2 saturated heterocycles. The lowest BCUT2D eigenvalue weighted by atomic mass is 10.0. The molecule has 12 nitrogen and oxygen atoms in total. The van der Waals surface area contributed by atoms with Crippen LogP contribution in [0.3, 0.4) is 0 Å². The third kappa shape index (κ3) is 3.52. The topological polar surface area (TPSA) is 159 Å². The summed E-state index contributed by atoms with van der Waals surface area (Å²) in [7, 11) is 0. The van der Waals surface area contributed by atoms with Gasteiger partial charge in [0, 0.05) is 24.9 Å². The number of anilines is 1. The van der Waals surface area contributed by atoms with E-state index in [0.717, 1.165) is 4.90 Å². The average Bonchev–Trinajstić information content (AvgIpc) is 3.18. The summed E-state index contributed by atoms with van der Waals surface area (Å²) in [5, 5.41) is 5.17. The normalized spacial score (nSPS) is 20.8. The fourth-order valence-corrected chi connectivity index (χ4v) is 3.62. The number of amides is 6. The molecule has 0 aliphatic carbocycles. The maximum Gasteiger partial charge on any atom is 0.352 e. The van der Waals surface area contributed by atoms with E-state index >= 15 is 0 Å². The molecule has 31 heavy (non-hydrogen) atoms. The number of rotatable bonds is 5. The Morgan fingerprint density at radius 3 is 2.42 bits per heavy atom. The minimum absolute atomic E-state index is 0.00526. The summed E-state index contributed by atoms with van der Waals surface area (Å²) in [4.78, 5) is 89.8. The van der Waals surface area contributed by atoms with E-state index in [0.29, 0.717) is 5.06 Å². The number of benzene rings is 1. The van der Waals surface area contributed by atoms with Crippen molar-refractivity contribution in [2.75, 3.05) is 11.9 Å². The van der Waals surface area contributed by atoms with Crippen molar-refractivity contribution in [1.29, 1.82) is 0 Å². The number of carbonyl (C=O) groups excluding carboxylic acids is 7. The number of hydrogen-bond acceptors (Lipinski definition) is 9. The lowest BCUT2D eigenvalue weighted by Gasteiger charge is -2.27. The van der Waals surface area contributed by atoms with Gasteiger partial charge in [0.25, 0.3) is 23.6 Å². The predicted octanol–water partition coefficient (Wildman–Crippen LogP) is -0.893. The first-order valence-corrected chi connectivity index (χ1v) is 9.43. The van der Waals surface area contributed by atoms with Crippen LogP contribution in [0.2, 0.25) is 0 Å². The number of nitrogens with zero attached hydrogens (tertiary/aromatic N) is 2. The second-order valence-electron chi connectivity index (χ2n) is 7.07. The molecule has 1 atom stereocenters. The molecule has 0 saturated carbocycles. The first-order chi connectivity index (χ1) is 14.8. The molecule has 4 rings (SSSR count). The second-order valence-corrected chi connectivity index (χ2v) is 7.07. The molecule has 0 radical (unpaired) electrons. The van der Waals surface area contributed by atoms with Crippen LogP contribution < -0.4 is 10.6 Å². The quantitative estimate of drug-likeness (QED) is 0.567. The van der Waals surface area contributed by atoms with Crippen molar-refractivity contribution in [2.24, 2.45) is 0 Å². The number of fused-ring (bicyclic) bond motifs is 1. The van der Waals surface area contributed by atoms with E-state index in [1.807, 2.05) is 0 Å². The van der Waals surface area contributed by atoms with Crippen LogP contribution in [0.1, 0.15) is 46.4 Å². The molecular weight excluding hydrogens is 412 g/mol. The van der Waals surface area contributed by atoms with E-state index in [1.54, 1.807) is 0 Å². The molecule has 3 aliphatic heterocycles. The van der Waals surface area contributed by atoms with Crippen molar-refractivity contribution < 1.29 is 38.4 Å². The van der Waals surface area contributed by atoms with E-state index in [-0.39, 0.29) is 42.5 Å². The van der Waals surface area contributed by atoms with Crippen molar-refractivity contribution >= 4 is 47.1 Å². The molecule has 0 bridgehead atoms. The molecular formula is C19H16N4O8. The molecule has 1 aromatic rings. The van der Waals surface area contributed by atoms with E-state index in [4.69, 9.17) is 4.84 Å². The standard InChI is InChI=1S/C19H16N4O8/c24-12-5-4-11(17(28)21-12)22-18(29)9-2-1-3-10(16(9)19(22)30)20-8-15(27)31-23-13(25)6-7-14(23)26/h1-3,11,20H,4-8H2,(H,21,24,28). The third-order valence-electron chi connectivity index (χ3n) is 5.09. The molecule has 0 spiro atoms. The molecule has 3 heterocycles. The fraction of sp³-hybridized carbons (Fsp3) is 0.316. The van der Waals surface area contributed by atoms with Gasteiger partial charge in [-0.2, -0.15) is 0 Å². The minimum atomic E-state index is -1.12. The first-order valence-electron chi connectivity index (χ1n) is 9.43. The van der Waals surface area contributed by atoms with Crippen molar-refractivity contribution in [3.05, 3.63) is 29.3 Å². The van der Waals surface area contributed by atoms with Gasteiger partial charge in [0.1, 0.15) is 12.6 Å². The van der Waals surface area contributed by atoms with E-state index in [2.05, 4.69) is 10.6 Å². The summed E-state index contributed by atoms with van der Waals surface area (Å²) in [6.45, 7) is -0.493. The first kappa shape index (κ1) is 20.2. The summed E-state index contributed by atoms with van der Waals surface area (Å²) in [6, 6.07) is 3.23. The third-order valence-corrected chi connectivity index (χ3v) is 5.09. The number of hydrogen-bond donors (Lipinski definition) is 2. The number of hydroxylamine groups is 2. The van der Waals surface area contributed by atoms with Gasteiger partial charge in [0.2, 0.25) is 11.8 Å². The Bertz CT molecular complexity index is 1050. The van der Waals surface area contributed by atoms with E-state index < -0.39 is 54.0 Å². The Morgan fingerprint density at radius 2 is 1.74 bits per heavy atom. The maximum absolute atomic E-state index is 13.0. The van der Waals surface area contributed by atoms with E-state index in [9.17, 15) is 33.6 Å². The van der Waals surface area contributed by atoms with Gasteiger partial charge in [-0.15, -0.1) is 5.06 Å². The van der Waals surface area contributed by atoms with Crippen LogP contribution in [0.4, 0.5) is 5.69 Å². The molecule has 1 aromatic carbocycles. The average molecular weight is 428 g/mol. The van der Waals surface area contributed by atoms with E-state index in [1.165, 1.54) is 18.2 Å². The summed E-state index contributed by atoms with van der Waals surface area (Å²) in [5.74, 6) is -4.83. The Morgan fingerprint density at radius 1 is 1.03 bits per heavy atom. The zero-order valence-electron chi connectivity index (χ0n) is 16.0. The van der Waals surface area contributed by atoms with Crippen molar-refractivity contribution in [3.63, 3.8) is 0 Å². The zero-order valence-corrected chi connectivity index (χ0v) is 16.0. The monoisotopic (exact) mass is 428 g/mol. The van der Waals surface area contributed by atoms with Gasteiger partial charge in [-0.3, -0.25) is 39.0 Å². The van der Waals surface area contributed by atoms with Crippen LogP contribution in [-0.2, 0) is 28.8 Å². The van der Waals surface area contributed by atoms with Crippen LogP contribution in [0.5, 0.6) is 0 Å². The van der Waals surface area contributed by atoms with Crippen LogP contribution in [-0.4, -0.2) is 64.0 Å². The van der Waals surface area contributed by atoms with Crippen molar-refractivity contribution in [1.82, 2.24) is 15.3 Å². The van der Waals surface area contributed by atoms with Gasteiger partial charge < -0.3 is 10.2 Å². The SMILES string of the molecule is O=C1CCC(N2C(=O)c3cccc(NCC(=O)ON4C(=O)CCC4=O)c3C2=O)C(=O)N1. The van der Waals surface area contributed by atoms with Crippen molar-refractivity contribution in [3.8, 4) is 0 Å². The molecule has 0 aromatic heterocycles. The summed E-state index contributed by atoms with van der Waals surface area (Å²) >= 11 is 0. The van der Waals surface area contributed by atoms with Gasteiger partial charge in [0.15, 0.2) is 0 Å². The fourth-order valence-electron chi connectivity index (χ4n) is 3.62. The van der Waals surface area contributed by atoms with Crippen LogP contribution in [0.15, 0.2) is 18.2 Å². The zero-order chi connectivity index (χ0) is 22.3. The number of carbonyl (C=O) groups is 7.